The van der Waals surface area contributed by atoms with E-state index in [2.05, 4.69) is 15.3 Å². The standard InChI is InChI=1S/C15H16N4O4/c1-5-23-15(20)9-7-16-11-8(14(9)22-4)6-10(21-3)12-13(11)19(2)18-17-12/h6-7H,5H2,1-4H3. The molecule has 3 aromatic rings. The van der Waals surface area contributed by atoms with Gasteiger partial charge in [0.2, 0.25) is 0 Å². The Morgan fingerprint density at radius 3 is 2.70 bits per heavy atom. The van der Waals surface area contributed by atoms with Crippen LogP contribution in [0.4, 0.5) is 0 Å². The minimum absolute atomic E-state index is 0.262. The van der Waals surface area contributed by atoms with Crippen molar-refractivity contribution in [2.45, 2.75) is 6.92 Å². The zero-order valence-electron chi connectivity index (χ0n) is 13.3. The van der Waals surface area contributed by atoms with Crippen LogP contribution >= 0.6 is 0 Å². The Hall–Kier alpha value is -2.90. The lowest BCUT2D eigenvalue weighted by atomic mass is 10.1. The van der Waals surface area contributed by atoms with Gasteiger partial charge in [-0.05, 0) is 13.0 Å². The molecule has 0 aliphatic rings. The molecule has 2 heterocycles. The van der Waals surface area contributed by atoms with E-state index in [4.69, 9.17) is 14.2 Å². The maximum Gasteiger partial charge on any atom is 0.343 e. The Morgan fingerprint density at radius 2 is 2.04 bits per heavy atom. The molecule has 120 valence electrons. The maximum atomic E-state index is 12.1. The number of ether oxygens (including phenoxy) is 3. The predicted molar refractivity (Wildman–Crippen MR) is 82.9 cm³/mol. The van der Waals surface area contributed by atoms with Crippen molar-refractivity contribution in [3.63, 3.8) is 0 Å². The zero-order chi connectivity index (χ0) is 16.6. The number of aromatic nitrogens is 4. The van der Waals surface area contributed by atoms with Crippen LogP contribution in [0.2, 0.25) is 0 Å². The molecule has 3 rings (SSSR count). The van der Waals surface area contributed by atoms with Crippen LogP contribution in [0, 0.1) is 0 Å². The first-order valence-corrected chi connectivity index (χ1v) is 7.02. The highest BCUT2D eigenvalue weighted by atomic mass is 16.5. The first-order chi connectivity index (χ1) is 11.1. The van der Waals surface area contributed by atoms with Crippen LogP contribution in [0.15, 0.2) is 12.3 Å². The second-order valence-corrected chi connectivity index (χ2v) is 4.81. The third-order valence-corrected chi connectivity index (χ3v) is 3.55. The highest BCUT2D eigenvalue weighted by molar-refractivity contribution is 6.09. The SMILES string of the molecule is CCOC(=O)c1cnc2c(cc(OC)c3nnn(C)c32)c1OC. The van der Waals surface area contributed by atoms with Crippen LogP contribution in [0.1, 0.15) is 17.3 Å². The number of pyridine rings is 1. The molecule has 23 heavy (non-hydrogen) atoms. The van der Waals surface area contributed by atoms with E-state index in [0.29, 0.717) is 33.4 Å². The summed E-state index contributed by atoms with van der Waals surface area (Å²) in [5.74, 6) is 0.428. The number of carbonyl (C=O) groups excluding carboxylic acids is 1. The summed E-state index contributed by atoms with van der Waals surface area (Å²) < 4.78 is 17.5. The Labute approximate surface area is 132 Å². The van der Waals surface area contributed by atoms with E-state index < -0.39 is 5.97 Å². The fraction of sp³-hybridized carbons (Fsp3) is 0.333. The minimum atomic E-state index is -0.485. The zero-order valence-corrected chi connectivity index (χ0v) is 13.3. The lowest BCUT2D eigenvalue weighted by Crippen LogP contribution is -2.08. The molecule has 0 unspecified atom stereocenters. The molecule has 2 aromatic heterocycles. The number of esters is 1. The lowest BCUT2D eigenvalue weighted by Gasteiger charge is -2.12. The van der Waals surface area contributed by atoms with Crippen LogP contribution in [0.25, 0.3) is 21.9 Å². The van der Waals surface area contributed by atoms with E-state index >= 15 is 0 Å². The Kier molecular flexibility index (Phi) is 3.73. The first kappa shape index (κ1) is 15.0. The number of rotatable bonds is 4. The molecule has 0 saturated heterocycles. The molecule has 0 saturated carbocycles. The summed E-state index contributed by atoms with van der Waals surface area (Å²) in [7, 11) is 4.81. The molecule has 1 aromatic carbocycles. The van der Waals surface area contributed by atoms with Crippen LogP contribution in [0.3, 0.4) is 0 Å². The number of carbonyl (C=O) groups is 1. The van der Waals surface area contributed by atoms with Gasteiger partial charge in [-0.15, -0.1) is 5.10 Å². The Morgan fingerprint density at radius 1 is 1.26 bits per heavy atom. The van der Waals surface area contributed by atoms with E-state index in [1.807, 2.05) is 0 Å². The van der Waals surface area contributed by atoms with Gasteiger partial charge in [0.1, 0.15) is 28.1 Å². The molecular formula is C15H16N4O4. The summed E-state index contributed by atoms with van der Waals surface area (Å²) in [6.45, 7) is 2.01. The quantitative estimate of drug-likeness (QED) is 0.677. The molecule has 0 fully saturated rings. The topological polar surface area (TPSA) is 88.4 Å². The number of hydrogen-bond donors (Lipinski definition) is 0. The van der Waals surface area contributed by atoms with Crippen molar-refractivity contribution in [3.8, 4) is 11.5 Å². The summed E-state index contributed by atoms with van der Waals surface area (Å²) in [6, 6.07) is 1.74. The lowest BCUT2D eigenvalue weighted by molar-refractivity contribution is 0.0522. The van der Waals surface area contributed by atoms with E-state index in [1.54, 1.807) is 31.8 Å². The molecule has 0 aliphatic carbocycles. The van der Waals surface area contributed by atoms with Crippen LogP contribution in [-0.4, -0.2) is 46.8 Å². The fourth-order valence-corrected chi connectivity index (χ4v) is 2.55. The molecule has 0 aliphatic heterocycles. The normalized spacial score (nSPS) is 11.0. The van der Waals surface area contributed by atoms with E-state index in [-0.39, 0.29) is 12.2 Å². The van der Waals surface area contributed by atoms with Gasteiger partial charge >= 0.3 is 5.97 Å². The molecule has 0 bridgehead atoms. The van der Waals surface area contributed by atoms with Gasteiger partial charge in [0.15, 0.2) is 5.52 Å². The van der Waals surface area contributed by atoms with E-state index in [9.17, 15) is 4.79 Å². The van der Waals surface area contributed by atoms with E-state index in [1.165, 1.54) is 13.3 Å². The minimum Gasteiger partial charge on any atom is -0.495 e. The van der Waals surface area contributed by atoms with Crippen molar-refractivity contribution in [1.29, 1.82) is 0 Å². The molecule has 8 nitrogen and oxygen atoms in total. The summed E-state index contributed by atoms with van der Waals surface area (Å²) in [4.78, 5) is 16.5. The molecule has 0 amide bonds. The second kappa shape index (κ2) is 5.71. The third kappa shape index (κ3) is 2.23. The highest BCUT2D eigenvalue weighted by Gasteiger charge is 2.22. The van der Waals surface area contributed by atoms with Crippen molar-refractivity contribution >= 4 is 27.9 Å². The van der Waals surface area contributed by atoms with Crippen molar-refractivity contribution in [3.05, 3.63) is 17.8 Å². The molecule has 0 radical (unpaired) electrons. The smallest absolute Gasteiger partial charge is 0.343 e. The summed E-state index contributed by atoms with van der Waals surface area (Å²) in [6.07, 6.45) is 1.44. The van der Waals surface area contributed by atoms with Gasteiger partial charge in [-0.2, -0.15) is 0 Å². The number of nitrogens with zero attached hydrogens (tertiary/aromatic N) is 4. The monoisotopic (exact) mass is 316 g/mol. The Balaban J connectivity index is 2.40. The van der Waals surface area contributed by atoms with Crippen LogP contribution in [-0.2, 0) is 11.8 Å². The predicted octanol–water partition coefficient (Wildman–Crippen LogP) is 1.71. The fourth-order valence-electron chi connectivity index (χ4n) is 2.55. The second-order valence-electron chi connectivity index (χ2n) is 4.81. The van der Waals surface area contributed by atoms with Crippen molar-refractivity contribution in [2.75, 3.05) is 20.8 Å². The summed E-state index contributed by atoms with van der Waals surface area (Å²) in [5, 5.41) is 8.74. The van der Waals surface area contributed by atoms with Gasteiger partial charge < -0.3 is 14.2 Å². The van der Waals surface area contributed by atoms with Crippen molar-refractivity contribution in [1.82, 2.24) is 20.0 Å². The summed E-state index contributed by atoms with van der Waals surface area (Å²) >= 11 is 0. The van der Waals surface area contributed by atoms with Crippen molar-refractivity contribution in [2.24, 2.45) is 7.05 Å². The van der Waals surface area contributed by atoms with Gasteiger partial charge in [0, 0.05) is 18.6 Å². The number of benzene rings is 1. The van der Waals surface area contributed by atoms with E-state index in [0.717, 1.165) is 0 Å². The highest BCUT2D eigenvalue weighted by Crippen LogP contribution is 2.37. The number of fused-ring (bicyclic) bond motifs is 3. The van der Waals surface area contributed by atoms with Crippen LogP contribution in [0.5, 0.6) is 11.5 Å². The molecule has 0 spiro atoms. The number of methoxy groups -OCH3 is 2. The average Bonchev–Trinajstić information content (AvgIpc) is 2.95. The first-order valence-electron chi connectivity index (χ1n) is 7.02. The molecule has 0 atom stereocenters. The van der Waals surface area contributed by atoms with Gasteiger partial charge in [0.05, 0.1) is 20.8 Å². The average molecular weight is 316 g/mol. The van der Waals surface area contributed by atoms with Gasteiger partial charge in [-0.25, -0.2) is 9.48 Å². The maximum absolute atomic E-state index is 12.1. The van der Waals surface area contributed by atoms with Gasteiger partial charge in [0.25, 0.3) is 0 Å². The Bertz CT molecular complexity index is 904. The van der Waals surface area contributed by atoms with Crippen LogP contribution < -0.4 is 9.47 Å². The molecule has 8 heteroatoms. The molecule has 0 N–H and O–H groups in total. The number of hydrogen-bond acceptors (Lipinski definition) is 7. The largest absolute Gasteiger partial charge is 0.495 e. The third-order valence-electron chi connectivity index (χ3n) is 3.55. The summed E-state index contributed by atoms with van der Waals surface area (Å²) in [5.41, 5.74) is 2.19. The molecular weight excluding hydrogens is 300 g/mol. The number of aryl methyl sites for hydroxylation is 1. The van der Waals surface area contributed by atoms with Gasteiger partial charge in [-0.3, -0.25) is 4.98 Å². The van der Waals surface area contributed by atoms with Crippen molar-refractivity contribution < 1.29 is 19.0 Å². The van der Waals surface area contributed by atoms with Gasteiger partial charge in [-0.1, -0.05) is 5.21 Å².